The summed E-state index contributed by atoms with van der Waals surface area (Å²) in [6.45, 7) is 4.80. The van der Waals surface area contributed by atoms with Gasteiger partial charge in [-0.2, -0.15) is 0 Å². The fraction of sp³-hybridized carbons (Fsp3) is 0.500. The molecule has 2 fully saturated rings. The molecule has 2 aromatic carbocycles. The zero-order valence-corrected chi connectivity index (χ0v) is 22.7. The fourth-order valence-electron chi connectivity index (χ4n) is 6.14. The highest BCUT2D eigenvalue weighted by Crippen LogP contribution is 2.47. The highest BCUT2D eigenvalue weighted by molar-refractivity contribution is 6.31. The molecule has 9 heteroatoms. The average molecular weight is 546 g/mol. The van der Waals surface area contributed by atoms with E-state index in [0.717, 1.165) is 36.8 Å². The van der Waals surface area contributed by atoms with Gasteiger partial charge >= 0.3 is 0 Å². The number of hydrazine groups is 1. The number of hydrogen-bond donors (Lipinski definition) is 2. The van der Waals surface area contributed by atoms with Gasteiger partial charge in [0.15, 0.2) is 0 Å². The molecule has 5 rings (SSSR count). The summed E-state index contributed by atoms with van der Waals surface area (Å²) < 4.78 is 5.43. The standard InChI is InChI=1S/C28H34Cl2N4O3/c1-19-4-2-7-23(14-19)34(18-26(35)32-33-10-12-37-13-11-33)28(17-20-5-3-6-21(29)15-20)24-9-8-22(30)16-25(24)31-27(28)36/h3,5-6,8-9,15-16,19,23H,2,4,7,10-14,17-18H2,1H3,(H,31,36)(H,32,35)/t19-,23-,28?/m1/s1. The van der Waals surface area contributed by atoms with Crippen molar-refractivity contribution in [3.8, 4) is 0 Å². The molecule has 0 bridgehead atoms. The Morgan fingerprint density at radius 1 is 1.16 bits per heavy atom. The molecule has 1 aliphatic carbocycles. The van der Waals surface area contributed by atoms with Crippen molar-refractivity contribution in [1.29, 1.82) is 0 Å². The van der Waals surface area contributed by atoms with Gasteiger partial charge < -0.3 is 10.1 Å². The number of anilines is 1. The van der Waals surface area contributed by atoms with Gasteiger partial charge in [-0.1, -0.05) is 61.2 Å². The number of benzene rings is 2. The van der Waals surface area contributed by atoms with Gasteiger partial charge in [-0.3, -0.25) is 19.9 Å². The lowest BCUT2D eigenvalue weighted by atomic mass is 9.78. The molecule has 2 aliphatic heterocycles. The summed E-state index contributed by atoms with van der Waals surface area (Å²) in [5.41, 5.74) is 4.47. The number of morpholine rings is 1. The van der Waals surface area contributed by atoms with E-state index in [1.807, 2.05) is 41.4 Å². The van der Waals surface area contributed by atoms with E-state index < -0.39 is 5.54 Å². The molecule has 1 saturated heterocycles. The van der Waals surface area contributed by atoms with E-state index in [2.05, 4.69) is 22.6 Å². The third-order valence-electron chi connectivity index (χ3n) is 7.85. The van der Waals surface area contributed by atoms with Gasteiger partial charge in [0.1, 0.15) is 5.54 Å². The lowest BCUT2D eigenvalue weighted by Gasteiger charge is -2.46. The molecule has 7 nitrogen and oxygen atoms in total. The van der Waals surface area contributed by atoms with E-state index in [-0.39, 0.29) is 24.4 Å². The number of rotatable bonds is 7. The maximum absolute atomic E-state index is 14.1. The third kappa shape index (κ3) is 5.66. The summed E-state index contributed by atoms with van der Waals surface area (Å²) in [6.07, 6.45) is 4.48. The monoisotopic (exact) mass is 544 g/mol. The number of halogens is 2. The van der Waals surface area contributed by atoms with Crippen molar-refractivity contribution in [1.82, 2.24) is 15.3 Å². The number of carbonyl (C=O) groups is 2. The van der Waals surface area contributed by atoms with Crippen LogP contribution in [0.25, 0.3) is 0 Å². The molecule has 3 aliphatic rings. The predicted molar refractivity (Wildman–Crippen MR) is 146 cm³/mol. The number of hydrogen-bond acceptors (Lipinski definition) is 5. The molecule has 0 radical (unpaired) electrons. The molecule has 2 aromatic rings. The van der Waals surface area contributed by atoms with Gasteiger partial charge in [-0.15, -0.1) is 0 Å². The zero-order chi connectivity index (χ0) is 26.0. The van der Waals surface area contributed by atoms with Crippen LogP contribution in [0.5, 0.6) is 0 Å². The van der Waals surface area contributed by atoms with Crippen LogP contribution in [-0.2, 0) is 26.3 Å². The summed E-state index contributed by atoms with van der Waals surface area (Å²) in [6, 6.07) is 13.2. The van der Waals surface area contributed by atoms with Crippen LogP contribution in [0.3, 0.4) is 0 Å². The van der Waals surface area contributed by atoms with Gasteiger partial charge in [0.05, 0.1) is 19.8 Å². The molecule has 1 unspecified atom stereocenters. The van der Waals surface area contributed by atoms with Crippen LogP contribution in [0.4, 0.5) is 5.69 Å². The average Bonchev–Trinajstić information content (AvgIpc) is 3.13. The number of fused-ring (bicyclic) bond motifs is 1. The Bertz CT molecular complexity index is 1160. The second kappa shape index (κ2) is 11.3. The minimum atomic E-state index is -1.07. The summed E-state index contributed by atoms with van der Waals surface area (Å²) >= 11 is 12.7. The fourth-order valence-corrected chi connectivity index (χ4v) is 6.52. The smallest absolute Gasteiger partial charge is 0.249 e. The molecule has 1 saturated carbocycles. The number of amides is 2. The summed E-state index contributed by atoms with van der Waals surface area (Å²) in [5.74, 6) is 0.254. The second-order valence-electron chi connectivity index (χ2n) is 10.5. The minimum Gasteiger partial charge on any atom is -0.379 e. The lowest BCUT2D eigenvalue weighted by Crippen LogP contribution is -2.61. The number of ether oxygens (including phenoxy) is 1. The zero-order valence-electron chi connectivity index (χ0n) is 21.1. The maximum atomic E-state index is 14.1. The van der Waals surface area contributed by atoms with Crippen LogP contribution < -0.4 is 10.7 Å². The van der Waals surface area contributed by atoms with Crippen LogP contribution in [-0.4, -0.2) is 60.6 Å². The lowest BCUT2D eigenvalue weighted by molar-refractivity contribution is -0.138. The highest BCUT2D eigenvalue weighted by Gasteiger charge is 2.54. The number of nitrogens with one attached hydrogen (secondary N) is 2. The molecule has 198 valence electrons. The van der Waals surface area contributed by atoms with Crippen molar-refractivity contribution in [2.24, 2.45) is 5.92 Å². The Labute approximate surface area is 228 Å². The van der Waals surface area contributed by atoms with E-state index in [1.54, 1.807) is 6.07 Å². The van der Waals surface area contributed by atoms with Crippen LogP contribution in [0, 0.1) is 5.92 Å². The van der Waals surface area contributed by atoms with Gasteiger partial charge in [0.2, 0.25) is 11.8 Å². The van der Waals surface area contributed by atoms with Gasteiger partial charge in [0.25, 0.3) is 0 Å². The first-order valence-corrected chi connectivity index (χ1v) is 13.9. The van der Waals surface area contributed by atoms with Crippen molar-refractivity contribution in [3.05, 3.63) is 63.6 Å². The van der Waals surface area contributed by atoms with Crippen molar-refractivity contribution in [3.63, 3.8) is 0 Å². The largest absolute Gasteiger partial charge is 0.379 e. The summed E-state index contributed by atoms with van der Waals surface area (Å²) in [7, 11) is 0. The second-order valence-corrected chi connectivity index (χ2v) is 11.4. The van der Waals surface area contributed by atoms with Gasteiger partial charge in [-0.25, -0.2) is 5.01 Å². The molecule has 2 N–H and O–H groups in total. The molecule has 2 amide bonds. The van der Waals surface area contributed by atoms with Crippen LogP contribution in [0.15, 0.2) is 42.5 Å². The van der Waals surface area contributed by atoms with Crippen molar-refractivity contribution < 1.29 is 14.3 Å². The van der Waals surface area contributed by atoms with E-state index in [1.165, 1.54) is 0 Å². The first-order chi connectivity index (χ1) is 17.8. The van der Waals surface area contributed by atoms with Crippen molar-refractivity contribution in [2.45, 2.75) is 50.6 Å². The Morgan fingerprint density at radius 2 is 1.95 bits per heavy atom. The number of carbonyl (C=O) groups excluding carboxylic acids is 2. The van der Waals surface area contributed by atoms with Crippen LogP contribution >= 0.6 is 23.2 Å². The maximum Gasteiger partial charge on any atom is 0.249 e. The van der Waals surface area contributed by atoms with Gasteiger partial charge in [0, 0.05) is 46.8 Å². The van der Waals surface area contributed by atoms with E-state index in [9.17, 15) is 9.59 Å². The van der Waals surface area contributed by atoms with E-state index >= 15 is 0 Å². The van der Waals surface area contributed by atoms with Crippen LogP contribution in [0.2, 0.25) is 10.0 Å². The third-order valence-corrected chi connectivity index (χ3v) is 8.32. The Hall–Kier alpha value is -2.16. The van der Waals surface area contributed by atoms with E-state index in [0.29, 0.717) is 54.4 Å². The summed E-state index contributed by atoms with van der Waals surface area (Å²) in [5, 5.41) is 6.17. The quantitative estimate of drug-likeness (QED) is 0.531. The number of nitrogens with zero attached hydrogens (tertiary/aromatic N) is 2. The summed E-state index contributed by atoms with van der Waals surface area (Å²) in [4.78, 5) is 29.8. The molecule has 37 heavy (non-hydrogen) atoms. The molecule has 0 aromatic heterocycles. The highest BCUT2D eigenvalue weighted by atomic mass is 35.5. The minimum absolute atomic E-state index is 0.0748. The molecule has 2 heterocycles. The molecular weight excluding hydrogens is 511 g/mol. The molecular formula is C28H34Cl2N4O3. The first-order valence-electron chi connectivity index (χ1n) is 13.1. The van der Waals surface area contributed by atoms with Crippen LogP contribution in [0.1, 0.15) is 43.7 Å². The Balaban J connectivity index is 1.57. The van der Waals surface area contributed by atoms with Gasteiger partial charge in [-0.05, 0) is 48.6 Å². The first kappa shape index (κ1) is 26.4. The molecule has 3 atom stereocenters. The predicted octanol–water partition coefficient (Wildman–Crippen LogP) is 4.63. The molecule has 0 spiro atoms. The Morgan fingerprint density at radius 3 is 2.70 bits per heavy atom. The normalized spacial score (nSPS) is 26.1. The van der Waals surface area contributed by atoms with Crippen molar-refractivity contribution in [2.75, 3.05) is 38.2 Å². The van der Waals surface area contributed by atoms with Crippen molar-refractivity contribution >= 4 is 40.7 Å². The topological polar surface area (TPSA) is 73.9 Å². The Kier molecular flexibility index (Phi) is 8.07. The SMILES string of the molecule is C[C@@H]1CCC[C@@H](N(CC(=O)NN2CCOCC2)C2(Cc3cccc(Cl)c3)C(=O)Nc3cc(Cl)ccc32)C1. The van der Waals surface area contributed by atoms with E-state index in [4.69, 9.17) is 27.9 Å².